The summed E-state index contributed by atoms with van der Waals surface area (Å²) in [7, 11) is 0. The number of nitrogens with zero attached hydrogens (tertiary/aromatic N) is 3. The quantitative estimate of drug-likeness (QED) is 0.238. The van der Waals surface area contributed by atoms with Gasteiger partial charge in [-0.25, -0.2) is 0 Å². The smallest absolute Gasteiger partial charge is 0.0992 e. The molecule has 40 heavy (non-hydrogen) atoms. The molecule has 2 aliphatic rings. The summed E-state index contributed by atoms with van der Waals surface area (Å²) in [4.78, 5) is 4.85. The predicted molar refractivity (Wildman–Crippen MR) is 165 cm³/mol. The molecule has 0 bridgehead atoms. The highest BCUT2D eigenvalue weighted by atomic mass is 15.2. The highest BCUT2D eigenvalue weighted by Crippen LogP contribution is 2.43. The minimum atomic E-state index is 0.713. The van der Waals surface area contributed by atoms with Crippen molar-refractivity contribution < 1.29 is 0 Å². The molecule has 0 amide bonds. The molecule has 3 nitrogen and oxygen atoms in total. The van der Waals surface area contributed by atoms with Crippen molar-refractivity contribution in [3.05, 3.63) is 137 Å². The van der Waals surface area contributed by atoms with Gasteiger partial charge in [-0.05, 0) is 89.0 Å². The second-order valence-corrected chi connectivity index (χ2v) is 10.8. The molecule has 0 N–H and O–H groups in total. The minimum Gasteiger partial charge on any atom is -0.340 e. The van der Waals surface area contributed by atoms with Gasteiger partial charge in [-0.3, -0.25) is 0 Å². The Balaban J connectivity index is 1.40. The highest BCUT2D eigenvalue weighted by molar-refractivity contribution is 6.17. The van der Waals surface area contributed by atoms with E-state index < -0.39 is 0 Å². The second-order valence-electron chi connectivity index (χ2n) is 10.8. The summed E-state index contributed by atoms with van der Waals surface area (Å²) in [5.74, 6) is 0. The van der Waals surface area contributed by atoms with E-state index in [-0.39, 0.29) is 0 Å². The maximum atomic E-state index is 9.55. The number of anilines is 4. The summed E-state index contributed by atoms with van der Waals surface area (Å²) in [5, 5.41) is 16.1. The Morgan fingerprint density at radius 1 is 0.625 bits per heavy atom. The van der Waals surface area contributed by atoms with Gasteiger partial charge in [0.25, 0.3) is 0 Å². The molecule has 0 aromatic heterocycles. The van der Waals surface area contributed by atoms with Crippen molar-refractivity contribution in [2.45, 2.75) is 19.3 Å². The molecule has 8 rings (SSSR count). The zero-order valence-electron chi connectivity index (χ0n) is 22.1. The molecule has 6 aromatic carbocycles. The van der Waals surface area contributed by atoms with Crippen LogP contribution in [0.15, 0.2) is 115 Å². The van der Waals surface area contributed by atoms with Crippen LogP contribution in [0, 0.1) is 11.3 Å². The average Bonchev–Trinajstić information content (AvgIpc) is 3.44. The van der Waals surface area contributed by atoms with Gasteiger partial charge in [-0.2, -0.15) is 5.26 Å². The number of rotatable bonds is 4. The molecule has 0 radical (unpaired) electrons. The van der Waals surface area contributed by atoms with Crippen molar-refractivity contribution in [1.82, 2.24) is 0 Å². The van der Waals surface area contributed by atoms with Crippen LogP contribution in [0.25, 0.3) is 27.2 Å². The van der Waals surface area contributed by atoms with Crippen LogP contribution in [0.1, 0.15) is 23.1 Å². The number of aryl methyl sites for hydroxylation is 1. The summed E-state index contributed by atoms with van der Waals surface area (Å²) in [6.07, 6.45) is 2.98. The van der Waals surface area contributed by atoms with Gasteiger partial charge < -0.3 is 9.80 Å². The Bertz CT molecular complexity index is 1980. The normalized spacial score (nSPS) is 14.0. The number of fused-ring (bicyclic) bond motifs is 1. The molecule has 0 saturated carbocycles. The van der Waals surface area contributed by atoms with E-state index in [0.717, 1.165) is 31.5 Å². The highest BCUT2D eigenvalue weighted by Gasteiger charge is 2.26. The second kappa shape index (κ2) is 9.00. The molecule has 1 aliphatic carbocycles. The van der Waals surface area contributed by atoms with Crippen molar-refractivity contribution in [3.8, 4) is 6.07 Å². The van der Waals surface area contributed by atoms with E-state index >= 15 is 0 Å². The SMILES string of the molecule is N#Cc1ccc2c(c1)N(c1ccc3ccc4c5c(ccc1c35)CCC=4N(c1ccccc1)c1ccccc1)CC2. The Hall–Kier alpha value is -5.07. The van der Waals surface area contributed by atoms with Gasteiger partial charge >= 0.3 is 0 Å². The molecular weight excluding hydrogens is 486 g/mol. The minimum absolute atomic E-state index is 0.713. The van der Waals surface area contributed by atoms with E-state index in [2.05, 4.69) is 119 Å². The van der Waals surface area contributed by atoms with Crippen molar-refractivity contribution in [2.75, 3.05) is 16.3 Å². The lowest BCUT2D eigenvalue weighted by atomic mass is 9.87. The lowest BCUT2D eigenvalue weighted by Crippen LogP contribution is -2.27. The van der Waals surface area contributed by atoms with Crippen LogP contribution in [0.3, 0.4) is 0 Å². The van der Waals surface area contributed by atoms with Gasteiger partial charge in [-0.15, -0.1) is 0 Å². The fourth-order valence-electron chi connectivity index (χ4n) is 6.82. The third-order valence-electron chi connectivity index (χ3n) is 8.62. The summed E-state index contributed by atoms with van der Waals surface area (Å²) in [5.41, 5.74) is 9.53. The number of hydrogen-bond acceptors (Lipinski definition) is 3. The van der Waals surface area contributed by atoms with Gasteiger partial charge in [0, 0.05) is 45.6 Å². The van der Waals surface area contributed by atoms with Crippen LogP contribution in [-0.4, -0.2) is 6.54 Å². The summed E-state index contributed by atoms with van der Waals surface area (Å²) >= 11 is 0. The third kappa shape index (κ3) is 3.43. The Morgan fingerprint density at radius 3 is 2.10 bits per heavy atom. The number of hydrogen-bond donors (Lipinski definition) is 0. The average molecular weight is 514 g/mol. The monoisotopic (exact) mass is 513 g/mol. The molecule has 1 heterocycles. The van der Waals surface area contributed by atoms with Crippen LogP contribution in [-0.2, 0) is 12.8 Å². The van der Waals surface area contributed by atoms with Crippen LogP contribution >= 0.6 is 0 Å². The molecule has 6 aromatic rings. The van der Waals surface area contributed by atoms with E-state index in [0.29, 0.717) is 5.56 Å². The predicted octanol–water partition coefficient (Wildman–Crippen LogP) is 8.17. The van der Waals surface area contributed by atoms with E-state index in [4.69, 9.17) is 0 Å². The van der Waals surface area contributed by atoms with Crippen molar-refractivity contribution >= 4 is 50.0 Å². The summed E-state index contributed by atoms with van der Waals surface area (Å²) in [6, 6.07) is 43.7. The standard InChI is InChI=1S/C37H27N3/c38-24-25-11-12-26-21-22-39(35(26)23-25)33-19-15-27-14-18-32-34(20-16-28-13-17-31(33)36(27)37(28)32)40(29-7-3-1-4-8-29)30-9-5-2-6-10-30/h1-15,17-19,23H,16,20-22H2. The Morgan fingerprint density at radius 2 is 1.35 bits per heavy atom. The molecule has 3 heteroatoms. The summed E-state index contributed by atoms with van der Waals surface area (Å²) < 4.78 is 0. The first-order valence-corrected chi connectivity index (χ1v) is 14.0. The molecule has 0 saturated heterocycles. The third-order valence-corrected chi connectivity index (χ3v) is 8.62. The topological polar surface area (TPSA) is 30.3 Å². The van der Waals surface area contributed by atoms with Crippen LogP contribution in [0.5, 0.6) is 0 Å². The lowest BCUT2D eigenvalue weighted by Gasteiger charge is -2.31. The number of nitriles is 1. The molecular formula is C37H27N3. The van der Waals surface area contributed by atoms with E-state index in [1.54, 1.807) is 0 Å². The molecule has 1 aliphatic heterocycles. The fraction of sp³-hybridized carbons (Fsp3) is 0.108. The van der Waals surface area contributed by atoms with E-state index in [1.165, 1.54) is 60.6 Å². The molecule has 0 fully saturated rings. The lowest BCUT2D eigenvalue weighted by molar-refractivity contribution is 0.973. The first-order chi connectivity index (χ1) is 19.8. The number of para-hydroxylation sites is 2. The van der Waals surface area contributed by atoms with Crippen molar-refractivity contribution in [2.24, 2.45) is 0 Å². The first-order valence-electron chi connectivity index (χ1n) is 14.0. The van der Waals surface area contributed by atoms with Crippen molar-refractivity contribution in [1.29, 1.82) is 5.26 Å². The van der Waals surface area contributed by atoms with Gasteiger partial charge in [-0.1, -0.05) is 72.8 Å². The fourth-order valence-corrected chi connectivity index (χ4v) is 6.82. The van der Waals surface area contributed by atoms with E-state index in [9.17, 15) is 5.26 Å². The zero-order chi connectivity index (χ0) is 26.6. The van der Waals surface area contributed by atoms with E-state index in [1.807, 2.05) is 12.1 Å². The summed E-state index contributed by atoms with van der Waals surface area (Å²) in [6.45, 7) is 0.926. The van der Waals surface area contributed by atoms with Gasteiger partial charge in [0.05, 0.1) is 11.6 Å². The Kier molecular flexibility index (Phi) is 5.15. The zero-order valence-corrected chi connectivity index (χ0v) is 22.1. The van der Waals surface area contributed by atoms with Crippen LogP contribution in [0.4, 0.5) is 22.7 Å². The molecule has 190 valence electrons. The molecule has 0 spiro atoms. The largest absolute Gasteiger partial charge is 0.340 e. The first kappa shape index (κ1) is 22.9. The Labute approximate surface area is 233 Å². The van der Waals surface area contributed by atoms with Gasteiger partial charge in [0.15, 0.2) is 0 Å². The van der Waals surface area contributed by atoms with Crippen molar-refractivity contribution in [3.63, 3.8) is 0 Å². The molecule has 0 atom stereocenters. The van der Waals surface area contributed by atoms with Crippen LogP contribution < -0.4 is 15.0 Å². The van der Waals surface area contributed by atoms with Gasteiger partial charge in [0.1, 0.15) is 0 Å². The number of benzene rings is 6. The molecule has 0 unspecified atom stereocenters. The maximum Gasteiger partial charge on any atom is 0.0992 e. The maximum absolute atomic E-state index is 9.55. The van der Waals surface area contributed by atoms with Gasteiger partial charge in [0.2, 0.25) is 0 Å². The van der Waals surface area contributed by atoms with Crippen LogP contribution in [0.2, 0.25) is 0 Å².